The average Bonchev–Trinajstić information content (AvgIpc) is 2.26. The monoisotopic (exact) mass is 330 g/mol. The van der Waals surface area contributed by atoms with Gasteiger partial charge in [0, 0.05) is 0 Å². The van der Waals surface area contributed by atoms with Crippen molar-refractivity contribution in [3.8, 4) is 0 Å². The zero-order valence-electron chi connectivity index (χ0n) is 8.60. The first kappa shape index (κ1) is 18.8. The summed E-state index contributed by atoms with van der Waals surface area (Å²) in [6.45, 7) is 0. The van der Waals surface area contributed by atoms with E-state index in [4.69, 9.17) is 0 Å². The van der Waals surface area contributed by atoms with Gasteiger partial charge in [0.2, 0.25) is 6.17 Å². The molecule has 0 aliphatic rings. The van der Waals surface area contributed by atoms with E-state index in [0.717, 1.165) is 0 Å². The van der Waals surface area contributed by atoms with Crippen LogP contribution in [-0.2, 0) is 4.79 Å². The molecule has 1 nitrogen and oxygen atoms in total. The first-order chi connectivity index (χ1) is 8.55. The molecule has 0 radical (unpaired) electrons. The number of halogens is 12. The Labute approximate surface area is 101 Å². The van der Waals surface area contributed by atoms with Gasteiger partial charge in [-0.25, -0.2) is 13.2 Å². The van der Waals surface area contributed by atoms with E-state index in [1.807, 2.05) is 0 Å². The smallest absolute Gasteiger partial charge is 0.254 e. The van der Waals surface area contributed by atoms with Crippen LogP contribution in [0, 0.1) is 0 Å². The maximum atomic E-state index is 12.6. The minimum absolute atomic E-state index is 4.43. The molecule has 0 aromatic rings. The van der Waals surface area contributed by atoms with E-state index in [1.54, 1.807) is 0 Å². The van der Waals surface area contributed by atoms with Crippen LogP contribution in [-0.4, -0.2) is 42.3 Å². The molecule has 1 atom stereocenters. The van der Waals surface area contributed by atoms with Crippen molar-refractivity contribution >= 4 is 6.04 Å². The molecule has 0 rings (SSSR count). The lowest BCUT2D eigenvalue weighted by atomic mass is 9.96. The Bertz CT molecular complexity index is 374. The lowest BCUT2D eigenvalue weighted by Gasteiger charge is -2.35. The van der Waals surface area contributed by atoms with Crippen LogP contribution in [0.15, 0.2) is 0 Å². The lowest BCUT2D eigenvalue weighted by molar-refractivity contribution is -0.373. The number of rotatable bonds is 6. The molecule has 120 valence electrons. The fourth-order valence-corrected chi connectivity index (χ4v) is 0.861. The van der Waals surface area contributed by atoms with E-state index >= 15 is 0 Å². The fourth-order valence-electron chi connectivity index (χ4n) is 0.861. The summed E-state index contributed by atoms with van der Waals surface area (Å²) >= 11 is 0. The molecular weight excluding hydrogens is 328 g/mol. The minimum Gasteiger partial charge on any atom is -0.254 e. The molecule has 0 saturated carbocycles. The first-order valence-electron chi connectivity index (χ1n) is 4.18. The van der Waals surface area contributed by atoms with Gasteiger partial charge in [-0.2, -0.15) is 39.5 Å². The van der Waals surface area contributed by atoms with E-state index < -0.39 is 42.3 Å². The third-order valence-electron chi connectivity index (χ3n) is 2.02. The first-order valence-corrected chi connectivity index (χ1v) is 4.18. The summed E-state index contributed by atoms with van der Waals surface area (Å²) in [5.41, 5.74) is 0. The summed E-state index contributed by atoms with van der Waals surface area (Å²) in [5.74, 6) is -28.9. The zero-order chi connectivity index (χ0) is 16.7. The van der Waals surface area contributed by atoms with E-state index in [9.17, 15) is 57.5 Å². The van der Waals surface area contributed by atoms with Crippen molar-refractivity contribution in [2.24, 2.45) is 0 Å². The van der Waals surface area contributed by atoms with Crippen LogP contribution in [0.5, 0.6) is 0 Å². The largest absolute Gasteiger partial charge is 0.404 e. The van der Waals surface area contributed by atoms with Crippen molar-refractivity contribution in [1.29, 1.82) is 0 Å². The van der Waals surface area contributed by atoms with Crippen LogP contribution in [0.3, 0.4) is 0 Å². The maximum absolute atomic E-state index is 12.6. The highest BCUT2D eigenvalue weighted by Gasteiger charge is 2.85. The van der Waals surface area contributed by atoms with Crippen molar-refractivity contribution in [2.75, 3.05) is 0 Å². The van der Waals surface area contributed by atoms with Crippen LogP contribution in [0.25, 0.3) is 0 Å². The third-order valence-corrected chi connectivity index (χ3v) is 2.02. The van der Waals surface area contributed by atoms with Gasteiger partial charge in [-0.05, 0) is 0 Å². The zero-order valence-corrected chi connectivity index (χ0v) is 8.60. The Morgan fingerprint density at radius 2 is 1.10 bits per heavy atom. The second-order valence-corrected chi connectivity index (χ2v) is 3.36. The van der Waals surface area contributed by atoms with E-state index in [2.05, 4.69) is 0 Å². The second-order valence-electron chi connectivity index (χ2n) is 3.36. The molecule has 0 saturated heterocycles. The fraction of sp³-hybridized carbons (Fsp3) is 0.857. The van der Waals surface area contributed by atoms with Gasteiger partial charge in [0.05, 0.1) is 0 Å². The van der Waals surface area contributed by atoms with Gasteiger partial charge in [0.1, 0.15) is 0 Å². The standard InChI is InChI=1S/C7H2F12O/c8-1(2(9)10)4(12,13)6(16,17)7(18,19)5(14,15)3(11)20/h1-2H. The summed E-state index contributed by atoms with van der Waals surface area (Å²) in [6.07, 6.45) is -10.2. The van der Waals surface area contributed by atoms with Crippen molar-refractivity contribution < 1.29 is 57.5 Å². The van der Waals surface area contributed by atoms with Gasteiger partial charge in [0.15, 0.2) is 0 Å². The topological polar surface area (TPSA) is 17.1 Å². The van der Waals surface area contributed by atoms with E-state index in [0.29, 0.717) is 0 Å². The van der Waals surface area contributed by atoms with Crippen molar-refractivity contribution in [3.05, 3.63) is 0 Å². The quantitative estimate of drug-likeness (QED) is 0.537. The predicted octanol–water partition coefficient (Wildman–Crippen LogP) is 3.63. The van der Waals surface area contributed by atoms with Gasteiger partial charge < -0.3 is 0 Å². The number of carbonyl (C=O) groups is 1. The van der Waals surface area contributed by atoms with Crippen LogP contribution in [0.1, 0.15) is 0 Å². The Balaban J connectivity index is 5.91. The summed E-state index contributed by atoms with van der Waals surface area (Å²) < 4.78 is 146. The summed E-state index contributed by atoms with van der Waals surface area (Å²) in [5, 5.41) is 0. The molecule has 0 bridgehead atoms. The molecule has 0 heterocycles. The SMILES string of the molecule is O=C(F)C(F)(F)C(F)(F)C(F)(F)C(F)(F)C(F)C(F)F. The Morgan fingerprint density at radius 1 is 0.750 bits per heavy atom. The summed E-state index contributed by atoms with van der Waals surface area (Å²) in [6, 6.07) is -4.43. The molecule has 0 aliphatic carbocycles. The molecule has 0 amide bonds. The van der Waals surface area contributed by atoms with Gasteiger partial charge in [-0.3, -0.25) is 4.79 Å². The predicted molar refractivity (Wildman–Crippen MR) is 36.8 cm³/mol. The van der Waals surface area contributed by atoms with Crippen molar-refractivity contribution in [1.82, 2.24) is 0 Å². The second kappa shape index (κ2) is 4.98. The molecule has 0 N–H and O–H groups in total. The molecule has 0 aliphatic heterocycles. The number of hydrogen-bond donors (Lipinski definition) is 0. The van der Waals surface area contributed by atoms with E-state index in [1.165, 1.54) is 0 Å². The van der Waals surface area contributed by atoms with Crippen LogP contribution < -0.4 is 0 Å². The summed E-state index contributed by atoms with van der Waals surface area (Å²) in [4.78, 5) is 9.47. The number of carbonyl (C=O) groups excluding carboxylic acids is 1. The van der Waals surface area contributed by atoms with Gasteiger partial charge >= 0.3 is 29.7 Å². The Morgan fingerprint density at radius 3 is 1.35 bits per heavy atom. The maximum Gasteiger partial charge on any atom is 0.404 e. The molecule has 0 spiro atoms. The van der Waals surface area contributed by atoms with Crippen molar-refractivity contribution in [2.45, 2.75) is 36.3 Å². The van der Waals surface area contributed by atoms with Gasteiger partial charge in [0.25, 0.3) is 6.43 Å². The third kappa shape index (κ3) is 2.41. The molecule has 0 fully saturated rings. The molecule has 20 heavy (non-hydrogen) atoms. The number of hydrogen-bond acceptors (Lipinski definition) is 1. The highest BCUT2D eigenvalue weighted by molar-refractivity contribution is 5.78. The Kier molecular flexibility index (Phi) is 4.69. The van der Waals surface area contributed by atoms with Crippen LogP contribution >= 0.6 is 0 Å². The molecule has 1 unspecified atom stereocenters. The summed E-state index contributed by atoms with van der Waals surface area (Å²) in [7, 11) is 0. The average molecular weight is 330 g/mol. The molecular formula is C7H2F12O. The van der Waals surface area contributed by atoms with E-state index in [-0.39, 0.29) is 0 Å². The van der Waals surface area contributed by atoms with Crippen LogP contribution in [0.2, 0.25) is 0 Å². The van der Waals surface area contributed by atoms with Crippen molar-refractivity contribution in [3.63, 3.8) is 0 Å². The van der Waals surface area contributed by atoms with Crippen LogP contribution in [0.4, 0.5) is 52.7 Å². The molecule has 13 heteroatoms. The lowest BCUT2D eigenvalue weighted by Crippen LogP contribution is -2.67. The molecule has 0 aromatic heterocycles. The highest BCUT2D eigenvalue weighted by Crippen LogP contribution is 2.54. The minimum atomic E-state index is -7.47. The number of alkyl halides is 11. The normalized spacial score (nSPS) is 16.4. The highest BCUT2D eigenvalue weighted by atomic mass is 19.4. The Hall–Kier alpha value is -1.17. The van der Waals surface area contributed by atoms with Gasteiger partial charge in [-0.15, -0.1) is 0 Å². The van der Waals surface area contributed by atoms with Gasteiger partial charge in [-0.1, -0.05) is 0 Å². The molecule has 0 aromatic carbocycles.